The number of aliphatic hydroxyl groups excluding tert-OH is 1. The van der Waals surface area contributed by atoms with Crippen molar-refractivity contribution in [2.24, 2.45) is 0 Å². The van der Waals surface area contributed by atoms with E-state index in [0.717, 1.165) is 28.4 Å². The molecule has 0 saturated carbocycles. The van der Waals surface area contributed by atoms with Crippen LogP contribution < -0.4 is 5.32 Å². The first-order valence-corrected chi connectivity index (χ1v) is 9.93. The van der Waals surface area contributed by atoms with E-state index in [4.69, 9.17) is 5.11 Å². The molecule has 31 heavy (non-hydrogen) atoms. The molecule has 4 aromatic rings. The number of alkyl halides is 3. The van der Waals surface area contributed by atoms with Gasteiger partial charge in [-0.05, 0) is 52.9 Å². The average Bonchev–Trinajstić information content (AvgIpc) is 2.77. The Balaban J connectivity index is 1.60. The van der Waals surface area contributed by atoms with Gasteiger partial charge in [0.05, 0.1) is 11.1 Å². The highest BCUT2D eigenvalue weighted by molar-refractivity contribution is 5.96. The summed E-state index contributed by atoms with van der Waals surface area (Å²) in [5.74, 6) is 0. The Labute approximate surface area is 178 Å². The molecule has 0 unspecified atom stereocenters. The van der Waals surface area contributed by atoms with Crippen LogP contribution in [0.4, 0.5) is 18.9 Å². The van der Waals surface area contributed by atoms with Gasteiger partial charge in [-0.3, -0.25) is 4.98 Å². The molecule has 3 aromatic carbocycles. The smallest absolute Gasteiger partial charge is 0.396 e. The molecular formula is C25H21F3N2O. The minimum atomic E-state index is -4.46. The van der Waals surface area contributed by atoms with Crippen molar-refractivity contribution in [3.63, 3.8) is 0 Å². The van der Waals surface area contributed by atoms with Gasteiger partial charge < -0.3 is 10.4 Å². The van der Waals surface area contributed by atoms with E-state index in [2.05, 4.69) is 10.3 Å². The number of rotatable bonds is 6. The Morgan fingerprint density at radius 2 is 1.61 bits per heavy atom. The zero-order chi connectivity index (χ0) is 21.8. The number of aliphatic hydroxyl groups is 1. The third kappa shape index (κ3) is 4.70. The molecule has 158 valence electrons. The van der Waals surface area contributed by atoms with Crippen molar-refractivity contribution in [1.29, 1.82) is 0 Å². The number of pyridine rings is 1. The van der Waals surface area contributed by atoms with Crippen LogP contribution in [0.5, 0.6) is 0 Å². The van der Waals surface area contributed by atoms with E-state index in [1.165, 1.54) is 12.3 Å². The van der Waals surface area contributed by atoms with Crippen LogP contribution in [0.1, 0.15) is 16.7 Å². The van der Waals surface area contributed by atoms with E-state index in [9.17, 15) is 13.2 Å². The van der Waals surface area contributed by atoms with Crippen molar-refractivity contribution in [1.82, 2.24) is 4.98 Å². The van der Waals surface area contributed by atoms with Crippen molar-refractivity contribution < 1.29 is 18.3 Å². The summed E-state index contributed by atoms with van der Waals surface area (Å²) in [6, 6.07) is 21.5. The maximum atomic E-state index is 13.4. The molecule has 1 aromatic heterocycles. The number of nitrogens with one attached hydrogen (secondary N) is 1. The molecule has 0 spiro atoms. The fourth-order valence-corrected chi connectivity index (χ4v) is 3.61. The van der Waals surface area contributed by atoms with E-state index in [1.54, 1.807) is 12.1 Å². The van der Waals surface area contributed by atoms with Gasteiger partial charge in [-0.15, -0.1) is 0 Å². The first-order chi connectivity index (χ1) is 15.0. The number of para-hydroxylation sites is 1. The van der Waals surface area contributed by atoms with Crippen LogP contribution in [0.2, 0.25) is 0 Å². The molecule has 0 aliphatic carbocycles. The van der Waals surface area contributed by atoms with Crippen molar-refractivity contribution >= 4 is 16.6 Å². The van der Waals surface area contributed by atoms with Crippen LogP contribution in [0.3, 0.4) is 0 Å². The molecule has 0 aliphatic rings. The number of halogens is 3. The van der Waals surface area contributed by atoms with Crippen LogP contribution >= 0.6 is 0 Å². The van der Waals surface area contributed by atoms with E-state index in [-0.39, 0.29) is 12.1 Å². The zero-order valence-corrected chi connectivity index (χ0v) is 16.7. The van der Waals surface area contributed by atoms with Crippen molar-refractivity contribution in [2.45, 2.75) is 19.1 Å². The first kappa shape index (κ1) is 20.9. The molecule has 0 aliphatic heterocycles. The lowest BCUT2D eigenvalue weighted by molar-refractivity contribution is -0.136. The Morgan fingerprint density at radius 1 is 0.871 bits per heavy atom. The number of nitrogens with zero attached hydrogens (tertiary/aromatic N) is 1. The molecular weight excluding hydrogens is 401 g/mol. The summed E-state index contributed by atoms with van der Waals surface area (Å²) >= 11 is 0. The van der Waals surface area contributed by atoms with Crippen LogP contribution in [-0.4, -0.2) is 16.7 Å². The minimum absolute atomic E-state index is 0.0474. The monoisotopic (exact) mass is 422 g/mol. The lowest BCUT2D eigenvalue weighted by atomic mass is 9.98. The molecule has 0 radical (unpaired) electrons. The van der Waals surface area contributed by atoms with E-state index in [0.29, 0.717) is 23.9 Å². The summed E-state index contributed by atoms with van der Waals surface area (Å²) in [6.07, 6.45) is -2.41. The van der Waals surface area contributed by atoms with Gasteiger partial charge in [-0.2, -0.15) is 13.2 Å². The number of hydrogen-bond acceptors (Lipinski definition) is 3. The fourth-order valence-electron chi connectivity index (χ4n) is 3.61. The molecule has 0 bridgehead atoms. The largest absolute Gasteiger partial charge is 0.418 e. The average molecular weight is 422 g/mol. The lowest BCUT2D eigenvalue weighted by Gasteiger charge is -2.13. The summed E-state index contributed by atoms with van der Waals surface area (Å²) in [7, 11) is 0. The first-order valence-electron chi connectivity index (χ1n) is 9.93. The summed E-state index contributed by atoms with van der Waals surface area (Å²) in [4.78, 5) is 4.00. The number of benzene rings is 3. The van der Waals surface area contributed by atoms with E-state index < -0.39 is 11.7 Å². The van der Waals surface area contributed by atoms with Crippen LogP contribution in [0, 0.1) is 0 Å². The van der Waals surface area contributed by atoms with Gasteiger partial charge in [-0.1, -0.05) is 48.5 Å². The predicted octanol–water partition coefficient (Wildman–Crippen LogP) is 6.07. The molecule has 0 fully saturated rings. The molecule has 4 rings (SSSR count). The summed E-state index contributed by atoms with van der Waals surface area (Å²) < 4.78 is 40.1. The summed E-state index contributed by atoms with van der Waals surface area (Å²) in [5.41, 5.74) is 3.78. The number of aromatic nitrogens is 1. The minimum Gasteiger partial charge on any atom is -0.396 e. The second-order valence-electron chi connectivity index (χ2n) is 7.28. The van der Waals surface area contributed by atoms with Gasteiger partial charge >= 0.3 is 6.18 Å². The number of hydrogen-bond donors (Lipinski definition) is 2. The molecule has 0 saturated heterocycles. The molecule has 6 heteroatoms. The Hall–Kier alpha value is -3.38. The zero-order valence-electron chi connectivity index (χ0n) is 16.7. The fraction of sp³-hybridized carbons (Fsp3) is 0.160. The Morgan fingerprint density at radius 3 is 2.35 bits per heavy atom. The quantitative estimate of drug-likeness (QED) is 0.397. The SMILES string of the molecule is OCCc1ccc(CNc2cccc(-c3ccnc4c(C(F)(F)F)cccc34)c2)cc1. The van der Waals surface area contributed by atoms with Crippen molar-refractivity contribution in [3.05, 3.63) is 95.7 Å². The highest BCUT2D eigenvalue weighted by Crippen LogP contribution is 2.37. The molecule has 2 N–H and O–H groups in total. The summed E-state index contributed by atoms with van der Waals surface area (Å²) in [6.45, 7) is 0.733. The normalized spacial score (nSPS) is 11.6. The van der Waals surface area contributed by atoms with Crippen molar-refractivity contribution in [2.75, 3.05) is 11.9 Å². The number of fused-ring (bicyclic) bond motifs is 1. The van der Waals surface area contributed by atoms with E-state index in [1.807, 2.05) is 48.5 Å². The van der Waals surface area contributed by atoms with Crippen molar-refractivity contribution in [3.8, 4) is 11.1 Å². The molecule has 0 atom stereocenters. The lowest BCUT2D eigenvalue weighted by Crippen LogP contribution is -2.06. The number of anilines is 1. The maximum absolute atomic E-state index is 13.4. The highest BCUT2D eigenvalue weighted by Gasteiger charge is 2.33. The molecule has 3 nitrogen and oxygen atoms in total. The van der Waals surface area contributed by atoms with Gasteiger partial charge in [0.1, 0.15) is 0 Å². The van der Waals surface area contributed by atoms with Gasteiger partial charge in [0, 0.05) is 30.4 Å². The maximum Gasteiger partial charge on any atom is 0.418 e. The second kappa shape index (κ2) is 8.78. The van der Waals surface area contributed by atoms with E-state index >= 15 is 0 Å². The molecule has 1 heterocycles. The summed E-state index contributed by atoms with van der Waals surface area (Å²) in [5, 5.41) is 12.8. The van der Waals surface area contributed by atoms with Gasteiger partial charge in [0.2, 0.25) is 0 Å². The Bertz CT molecular complexity index is 1190. The topological polar surface area (TPSA) is 45.1 Å². The highest BCUT2D eigenvalue weighted by atomic mass is 19.4. The second-order valence-corrected chi connectivity index (χ2v) is 7.28. The van der Waals surface area contributed by atoms with Gasteiger partial charge in [0.25, 0.3) is 0 Å². The predicted molar refractivity (Wildman–Crippen MR) is 117 cm³/mol. The van der Waals surface area contributed by atoms with Crippen LogP contribution in [0.15, 0.2) is 79.0 Å². The van der Waals surface area contributed by atoms with Gasteiger partial charge in [0.15, 0.2) is 0 Å². The molecule has 0 amide bonds. The van der Waals surface area contributed by atoms with Crippen LogP contribution in [0.25, 0.3) is 22.0 Å². The third-order valence-electron chi connectivity index (χ3n) is 5.17. The Kier molecular flexibility index (Phi) is 5.91. The van der Waals surface area contributed by atoms with Crippen LogP contribution in [-0.2, 0) is 19.1 Å². The third-order valence-corrected chi connectivity index (χ3v) is 5.17. The van der Waals surface area contributed by atoms with Gasteiger partial charge in [-0.25, -0.2) is 0 Å². The standard InChI is InChI=1S/C25H21F3N2O/c26-25(27,28)23-6-2-5-22-21(11-13-29-24(22)23)19-3-1-4-20(15-19)30-16-18-9-7-17(8-10-18)12-14-31/h1-11,13,15,30-31H,12,14,16H2.